The molecule has 0 saturated carbocycles. The van der Waals surface area contributed by atoms with E-state index in [0.717, 1.165) is 76.5 Å². The van der Waals surface area contributed by atoms with E-state index in [-0.39, 0.29) is 11.9 Å². The Morgan fingerprint density at radius 2 is 2.04 bits per heavy atom. The predicted molar refractivity (Wildman–Crippen MR) is 104 cm³/mol. The van der Waals surface area contributed by atoms with Crippen LogP contribution in [0.3, 0.4) is 0 Å². The lowest BCUT2D eigenvalue weighted by Gasteiger charge is -2.37. The van der Waals surface area contributed by atoms with E-state index in [0.29, 0.717) is 6.04 Å². The highest BCUT2D eigenvalue weighted by atomic mass is 19.1. The standard InChI is InChI=1S/C20H29FN6O/c1-2-4-19(20-22-23-24-27(20)15-18-5-3-14-28-18)26-12-10-25(11-13-26)17-8-6-16(21)7-9-17/h6-9,18-19H,2-5,10-15H2,1H3/p+1/t18-,19-/m0/s1. The van der Waals surface area contributed by atoms with Crippen molar-refractivity contribution in [1.82, 2.24) is 20.2 Å². The van der Waals surface area contributed by atoms with Crippen LogP contribution in [-0.2, 0) is 11.3 Å². The molecular weight excluding hydrogens is 359 g/mol. The lowest BCUT2D eigenvalue weighted by molar-refractivity contribution is -0.933. The summed E-state index contributed by atoms with van der Waals surface area (Å²) in [4.78, 5) is 3.87. The molecule has 2 aliphatic heterocycles. The number of ether oxygens (including phenoxy) is 1. The Bertz CT molecular complexity index is 737. The van der Waals surface area contributed by atoms with Gasteiger partial charge in [0, 0.05) is 18.7 Å². The number of rotatable bonds is 7. The van der Waals surface area contributed by atoms with Crippen LogP contribution in [0.25, 0.3) is 0 Å². The third-order valence-corrected chi connectivity index (χ3v) is 5.94. The molecule has 0 spiro atoms. The fourth-order valence-corrected chi connectivity index (χ4v) is 4.43. The number of halogens is 1. The van der Waals surface area contributed by atoms with Crippen LogP contribution in [-0.4, -0.2) is 59.1 Å². The maximum Gasteiger partial charge on any atom is 0.209 e. The molecule has 8 heteroatoms. The van der Waals surface area contributed by atoms with E-state index < -0.39 is 0 Å². The Morgan fingerprint density at radius 1 is 1.25 bits per heavy atom. The molecule has 152 valence electrons. The van der Waals surface area contributed by atoms with E-state index in [2.05, 4.69) is 27.3 Å². The topological polar surface area (TPSA) is 60.5 Å². The van der Waals surface area contributed by atoms with Gasteiger partial charge in [-0.15, -0.1) is 5.10 Å². The number of nitrogens with zero attached hydrogens (tertiary/aromatic N) is 5. The van der Waals surface area contributed by atoms with Crippen molar-refractivity contribution >= 4 is 5.69 Å². The first-order chi connectivity index (χ1) is 13.7. The van der Waals surface area contributed by atoms with E-state index in [1.807, 2.05) is 16.8 Å². The summed E-state index contributed by atoms with van der Waals surface area (Å²) in [6.45, 7) is 7.76. The summed E-state index contributed by atoms with van der Waals surface area (Å²) >= 11 is 0. The second kappa shape index (κ2) is 8.96. The van der Waals surface area contributed by atoms with Crippen LogP contribution in [0.4, 0.5) is 10.1 Å². The van der Waals surface area contributed by atoms with E-state index in [1.165, 1.54) is 17.0 Å². The largest absolute Gasteiger partial charge is 0.376 e. The second-order valence-corrected chi connectivity index (χ2v) is 7.82. The SMILES string of the molecule is CCC[C@@H](c1nnnn1C[C@@H]1CCCO1)[NH+]1CCN(c2ccc(F)cc2)CC1. The Labute approximate surface area is 165 Å². The fraction of sp³-hybridized carbons (Fsp3) is 0.650. The van der Waals surface area contributed by atoms with Crippen LogP contribution in [0.2, 0.25) is 0 Å². The van der Waals surface area contributed by atoms with Gasteiger partial charge in [-0.05, 0) is 47.5 Å². The van der Waals surface area contributed by atoms with Gasteiger partial charge in [-0.25, -0.2) is 9.07 Å². The minimum absolute atomic E-state index is 0.186. The molecule has 2 saturated heterocycles. The first-order valence-electron chi connectivity index (χ1n) is 10.5. The summed E-state index contributed by atoms with van der Waals surface area (Å²) in [5.41, 5.74) is 1.09. The maximum atomic E-state index is 13.2. The van der Waals surface area contributed by atoms with Gasteiger partial charge in [-0.2, -0.15) is 0 Å². The smallest absolute Gasteiger partial charge is 0.209 e. The first-order valence-corrected chi connectivity index (χ1v) is 10.5. The molecule has 1 N–H and O–H groups in total. The van der Waals surface area contributed by atoms with Gasteiger partial charge in [0.1, 0.15) is 11.9 Å². The van der Waals surface area contributed by atoms with Gasteiger partial charge in [0.2, 0.25) is 5.82 Å². The van der Waals surface area contributed by atoms with Crippen molar-refractivity contribution in [1.29, 1.82) is 0 Å². The van der Waals surface area contributed by atoms with Gasteiger partial charge in [0.15, 0.2) is 0 Å². The first kappa shape index (κ1) is 19.3. The number of nitrogens with one attached hydrogen (secondary N) is 1. The number of anilines is 1. The molecule has 0 aliphatic carbocycles. The lowest BCUT2D eigenvalue weighted by Crippen LogP contribution is -3.15. The minimum atomic E-state index is -0.186. The molecule has 0 radical (unpaired) electrons. The monoisotopic (exact) mass is 389 g/mol. The van der Waals surface area contributed by atoms with Crippen molar-refractivity contribution < 1.29 is 14.0 Å². The molecule has 28 heavy (non-hydrogen) atoms. The number of piperazine rings is 1. The molecule has 3 heterocycles. The summed E-state index contributed by atoms with van der Waals surface area (Å²) in [6, 6.07) is 7.11. The third kappa shape index (κ3) is 4.33. The van der Waals surface area contributed by atoms with Gasteiger partial charge < -0.3 is 14.5 Å². The van der Waals surface area contributed by atoms with Crippen LogP contribution < -0.4 is 9.80 Å². The van der Waals surface area contributed by atoms with Crippen molar-refractivity contribution in [3.63, 3.8) is 0 Å². The molecule has 0 unspecified atom stereocenters. The van der Waals surface area contributed by atoms with Gasteiger partial charge in [0.25, 0.3) is 0 Å². The molecule has 0 amide bonds. The molecule has 1 aromatic heterocycles. The van der Waals surface area contributed by atoms with Crippen LogP contribution in [0, 0.1) is 5.82 Å². The summed E-state index contributed by atoms with van der Waals surface area (Å²) < 4.78 is 20.9. The van der Waals surface area contributed by atoms with Crippen molar-refractivity contribution in [3.05, 3.63) is 35.9 Å². The van der Waals surface area contributed by atoms with Crippen LogP contribution in [0.1, 0.15) is 44.5 Å². The summed E-state index contributed by atoms with van der Waals surface area (Å²) in [5.74, 6) is 0.802. The van der Waals surface area contributed by atoms with Gasteiger partial charge in [0.05, 0.1) is 38.8 Å². The Morgan fingerprint density at radius 3 is 2.71 bits per heavy atom. The number of hydrogen-bond donors (Lipinski definition) is 1. The highest BCUT2D eigenvalue weighted by Crippen LogP contribution is 2.19. The molecule has 2 atom stereocenters. The normalized spacial score (nSPS) is 21.9. The summed E-state index contributed by atoms with van der Waals surface area (Å²) in [6.07, 6.45) is 4.60. The average Bonchev–Trinajstić information content (AvgIpc) is 3.40. The third-order valence-electron chi connectivity index (χ3n) is 5.94. The van der Waals surface area contributed by atoms with Gasteiger partial charge in [-0.1, -0.05) is 13.3 Å². The number of benzene rings is 1. The quantitative estimate of drug-likeness (QED) is 0.772. The van der Waals surface area contributed by atoms with Crippen LogP contribution in [0.5, 0.6) is 0 Å². The van der Waals surface area contributed by atoms with Crippen molar-refractivity contribution in [2.24, 2.45) is 0 Å². The maximum absolute atomic E-state index is 13.2. The Hall–Kier alpha value is -2.06. The van der Waals surface area contributed by atoms with Crippen molar-refractivity contribution in [3.8, 4) is 0 Å². The van der Waals surface area contributed by atoms with E-state index in [4.69, 9.17) is 4.74 Å². The lowest BCUT2D eigenvalue weighted by atomic mass is 10.1. The van der Waals surface area contributed by atoms with Crippen molar-refractivity contribution in [2.75, 3.05) is 37.7 Å². The Balaban J connectivity index is 1.43. The highest BCUT2D eigenvalue weighted by Gasteiger charge is 2.33. The molecule has 2 aromatic rings. The second-order valence-electron chi connectivity index (χ2n) is 7.82. The average molecular weight is 389 g/mol. The van der Waals surface area contributed by atoms with Crippen molar-refractivity contribution in [2.45, 2.75) is 51.3 Å². The van der Waals surface area contributed by atoms with Crippen LogP contribution in [0.15, 0.2) is 24.3 Å². The zero-order valence-corrected chi connectivity index (χ0v) is 16.6. The van der Waals surface area contributed by atoms with Gasteiger partial charge >= 0.3 is 0 Å². The molecule has 4 rings (SSSR count). The molecule has 1 aromatic carbocycles. The van der Waals surface area contributed by atoms with E-state index >= 15 is 0 Å². The summed E-state index contributed by atoms with van der Waals surface area (Å²) in [7, 11) is 0. The summed E-state index contributed by atoms with van der Waals surface area (Å²) in [5, 5.41) is 12.7. The fourth-order valence-electron chi connectivity index (χ4n) is 4.43. The minimum Gasteiger partial charge on any atom is -0.376 e. The molecule has 7 nitrogen and oxygen atoms in total. The zero-order chi connectivity index (χ0) is 19.3. The van der Waals surface area contributed by atoms with E-state index in [9.17, 15) is 4.39 Å². The number of aromatic nitrogens is 4. The predicted octanol–water partition coefficient (Wildman–Crippen LogP) is 1.24. The molecule has 2 fully saturated rings. The zero-order valence-electron chi connectivity index (χ0n) is 16.6. The Kier molecular flexibility index (Phi) is 6.17. The number of quaternary nitrogens is 1. The molecule has 2 aliphatic rings. The number of tetrazole rings is 1. The molecular formula is C20H30FN6O+. The van der Waals surface area contributed by atoms with Gasteiger partial charge in [-0.3, -0.25) is 0 Å². The number of hydrogen-bond acceptors (Lipinski definition) is 5. The molecule has 0 bridgehead atoms. The van der Waals surface area contributed by atoms with Crippen LogP contribution >= 0.6 is 0 Å². The van der Waals surface area contributed by atoms with E-state index in [1.54, 1.807) is 0 Å². The highest BCUT2D eigenvalue weighted by molar-refractivity contribution is 5.46.